The molecule has 4 N–H and O–H groups in total. The maximum atomic E-state index is 11.9. The Labute approximate surface area is 192 Å². The number of amides is 1. The van der Waals surface area contributed by atoms with Gasteiger partial charge in [0.15, 0.2) is 5.82 Å². The molecule has 0 unspecified atom stereocenters. The van der Waals surface area contributed by atoms with Crippen LogP contribution >= 0.6 is 12.6 Å². The summed E-state index contributed by atoms with van der Waals surface area (Å²) in [5.41, 5.74) is 10.2. The van der Waals surface area contributed by atoms with Crippen molar-refractivity contribution in [3.05, 3.63) is 78.4 Å². The molecule has 0 spiro atoms. The molecular formula is C25H25N5OS. The standard InChI is InChI=1S/C25H25N5OS/c26-19-9-10-21-22(16-19)29-24(18-7-4-8-20(15-18)28-23(31)12-14-32)30-25(21)27-13-11-17-5-2-1-3-6-17/h1-10,15-16,32H,11-14,26H2,(H,28,31)(H,27,29,30). The van der Waals surface area contributed by atoms with E-state index in [0.717, 1.165) is 35.2 Å². The molecule has 0 aliphatic carbocycles. The van der Waals surface area contributed by atoms with Crippen LogP contribution in [0.3, 0.4) is 0 Å². The highest BCUT2D eigenvalue weighted by atomic mass is 32.1. The van der Waals surface area contributed by atoms with Gasteiger partial charge in [-0.15, -0.1) is 0 Å². The first-order valence-corrected chi connectivity index (χ1v) is 11.1. The molecule has 32 heavy (non-hydrogen) atoms. The van der Waals surface area contributed by atoms with E-state index in [-0.39, 0.29) is 5.91 Å². The van der Waals surface area contributed by atoms with E-state index >= 15 is 0 Å². The molecule has 0 bridgehead atoms. The monoisotopic (exact) mass is 443 g/mol. The van der Waals surface area contributed by atoms with E-state index in [1.54, 1.807) is 0 Å². The van der Waals surface area contributed by atoms with Crippen molar-refractivity contribution in [2.75, 3.05) is 28.7 Å². The number of hydrogen-bond donors (Lipinski definition) is 4. The number of aromatic nitrogens is 2. The average molecular weight is 444 g/mol. The van der Waals surface area contributed by atoms with Gasteiger partial charge in [0.2, 0.25) is 5.91 Å². The van der Waals surface area contributed by atoms with Crippen molar-refractivity contribution < 1.29 is 4.79 Å². The molecule has 0 fully saturated rings. The van der Waals surface area contributed by atoms with Crippen LogP contribution in [-0.2, 0) is 11.2 Å². The number of benzene rings is 3. The first kappa shape index (κ1) is 21.6. The molecule has 0 atom stereocenters. The van der Waals surface area contributed by atoms with Gasteiger partial charge in [-0.25, -0.2) is 9.97 Å². The zero-order valence-electron chi connectivity index (χ0n) is 17.6. The molecule has 1 heterocycles. The molecule has 0 aliphatic rings. The summed E-state index contributed by atoms with van der Waals surface area (Å²) in [6, 6.07) is 23.5. The number of fused-ring (bicyclic) bond motifs is 1. The minimum Gasteiger partial charge on any atom is -0.399 e. The van der Waals surface area contributed by atoms with Crippen molar-refractivity contribution in [1.82, 2.24) is 9.97 Å². The molecule has 4 rings (SSSR count). The molecule has 0 saturated carbocycles. The molecule has 6 nitrogen and oxygen atoms in total. The Hall–Kier alpha value is -3.58. The SMILES string of the molecule is Nc1ccc2c(NCCc3ccccc3)nc(-c3cccc(NC(=O)CCS)c3)nc2c1. The lowest BCUT2D eigenvalue weighted by atomic mass is 10.1. The number of rotatable bonds is 8. The van der Waals surface area contributed by atoms with Crippen LogP contribution in [0.4, 0.5) is 17.2 Å². The minimum atomic E-state index is -0.0763. The summed E-state index contributed by atoms with van der Waals surface area (Å²) in [6.07, 6.45) is 1.23. The maximum absolute atomic E-state index is 11.9. The molecule has 4 aromatic rings. The second-order valence-corrected chi connectivity index (χ2v) is 7.88. The van der Waals surface area contributed by atoms with Gasteiger partial charge in [0.25, 0.3) is 0 Å². The van der Waals surface area contributed by atoms with Gasteiger partial charge in [0, 0.05) is 35.3 Å². The minimum absolute atomic E-state index is 0.0763. The molecule has 162 valence electrons. The Kier molecular flexibility index (Phi) is 6.87. The molecule has 1 aromatic heterocycles. The van der Waals surface area contributed by atoms with Crippen LogP contribution in [-0.4, -0.2) is 28.2 Å². The maximum Gasteiger partial charge on any atom is 0.225 e. The summed E-state index contributed by atoms with van der Waals surface area (Å²) in [5, 5.41) is 7.26. The molecule has 0 saturated heterocycles. The number of hydrogen-bond acceptors (Lipinski definition) is 6. The number of carbonyl (C=O) groups is 1. The topological polar surface area (TPSA) is 92.9 Å². The van der Waals surface area contributed by atoms with Crippen LogP contribution in [0.5, 0.6) is 0 Å². The summed E-state index contributed by atoms with van der Waals surface area (Å²) in [7, 11) is 0. The number of thiol groups is 1. The Morgan fingerprint density at radius 1 is 0.969 bits per heavy atom. The molecule has 0 radical (unpaired) electrons. The summed E-state index contributed by atoms with van der Waals surface area (Å²) in [5.74, 6) is 1.74. The second kappa shape index (κ2) is 10.2. The summed E-state index contributed by atoms with van der Waals surface area (Å²) in [4.78, 5) is 21.5. The lowest BCUT2D eigenvalue weighted by molar-refractivity contribution is -0.115. The third-order valence-corrected chi connectivity index (χ3v) is 5.24. The second-order valence-electron chi connectivity index (χ2n) is 7.44. The fourth-order valence-corrected chi connectivity index (χ4v) is 3.64. The van der Waals surface area contributed by atoms with Crippen LogP contribution < -0.4 is 16.4 Å². The normalized spacial score (nSPS) is 10.8. The van der Waals surface area contributed by atoms with Gasteiger partial charge in [-0.1, -0.05) is 42.5 Å². The predicted molar refractivity (Wildman–Crippen MR) is 135 cm³/mol. The zero-order chi connectivity index (χ0) is 22.3. The van der Waals surface area contributed by atoms with Gasteiger partial charge in [0.1, 0.15) is 5.82 Å². The van der Waals surface area contributed by atoms with E-state index in [9.17, 15) is 4.79 Å². The number of nitrogen functional groups attached to an aromatic ring is 1. The van der Waals surface area contributed by atoms with Gasteiger partial charge in [-0.3, -0.25) is 4.79 Å². The first-order chi connectivity index (χ1) is 15.6. The van der Waals surface area contributed by atoms with Gasteiger partial charge in [-0.05, 0) is 48.1 Å². The van der Waals surface area contributed by atoms with Gasteiger partial charge >= 0.3 is 0 Å². The fourth-order valence-electron chi connectivity index (χ4n) is 3.44. The molecule has 1 amide bonds. The Balaban J connectivity index is 1.64. The number of carbonyl (C=O) groups excluding carboxylic acids is 1. The van der Waals surface area contributed by atoms with Crippen molar-refractivity contribution >= 4 is 46.6 Å². The van der Waals surface area contributed by atoms with Crippen molar-refractivity contribution in [1.29, 1.82) is 0 Å². The first-order valence-electron chi connectivity index (χ1n) is 10.5. The van der Waals surface area contributed by atoms with E-state index < -0.39 is 0 Å². The Bertz CT molecular complexity index is 1230. The van der Waals surface area contributed by atoms with Crippen molar-refractivity contribution in [3.63, 3.8) is 0 Å². The average Bonchev–Trinajstić information content (AvgIpc) is 2.79. The highest BCUT2D eigenvalue weighted by Crippen LogP contribution is 2.27. The highest BCUT2D eigenvalue weighted by Gasteiger charge is 2.11. The van der Waals surface area contributed by atoms with E-state index in [0.29, 0.717) is 29.4 Å². The van der Waals surface area contributed by atoms with E-state index in [4.69, 9.17) is 15.7 Å². The van der Waals surface area contributed by atoms with Gasteiger partial charge < -0.3 is 16.4 Å². The summed E-state index contributed by atoms with van der Waals surface area (Å²) in [6.45, 7) is 0.736. The molecule has 3 aromatic carbocycles. The molecular weight excluding hydrogens is 418 g/mol. The summed E-state index contributed by atoms with van der Waals surface area (Å²) < 4.78 is 0. The Morgan fingerprint density at radius 3 is 2.62 bits per heavy atom. The number of anilines is 3. The lowest BCUT2D eigenvalue weighted by Gasteiger charge is -2.12. The van der Waals surface area contributed by atoms with Crippen molar-refractivity contribution in [2.45, 2.75) is 12.8 Å². The smallest absolute Gasteiger partial charge is 0.225 e. The largest absolute Gasteiger partial charge is 0.399 e. The Morgan fingerprint density at radius 2 is 1.81 bits per heavy atom. The van der Waals surface area contributed by atoms with Crippen LogP contribution in [0.15, 0.2) is 72.8 Å². The van der Waals surface area contributed by atoms with Crippen LogP contribution in [0.25, 0.3) is 22.3 Å². The molecule has 7 heteroatoms. The molecule has 0 aliphatic heterocycles. The van der Waals surface area contributed by atoms with E-state index in [1.165, 1.54) is 5.56 Å². The number of nitrogens with one attached hydrogen (secondary N) is 2. The van der Waals surface area contributed by atoms with Crippen LogP contribution in [0.2, 0.25) is 0 Å². The van der Waals surface area contributed by atoms with Crippen LogP contribution in [0, 0.1) is 0 Å². The predicted octanol–water partition coefficient (Wildman–Crippen LogP) is 4.79. The van der Waals surface area contributed by atoms with Gasteiger partial charge in [-0.2, -0.15) is 12.6 Å². The third-order valence-electron chi connectivity index (χ3n) is 5.01. The summed E-state index contributed by atoms with van der Waals surface area (Å²) >= 11 is 4.11. The van der Waals surface area contributed by atoms with Crippen molar-refractivity contribution in [3.8, 4) is 11.4 Å². The third kappa shape index (κ3) is 5.36. The van der Waals surface area contributed by atoms with Crippen molar-refractivity contribution in [2.24, 2.45) is 0 Å². The van der Waals surface area contributed by atoms with Crippen LogP contribution in [0.1, 0.15) is 12.0 Å². The van der Waals surface area contributed by atoms with E-state index in [1.807, 2.05) is 60.7 Å². The highest BCUT2D eigenvalue weighted by molar-refractivity contribution is 7.80. The fraction of sp³-hybridized carbons (Fsp3) is 0.160. The number of nitrogens with two attached hydrogens (primary N) is 1. The number of nitrogens with zero attached hydrogens (tertiary/aromatic N) is 2. The van der Waals surface area contributed by atoms with E-state index in [2.05, 4.69) is 35.4 Å². The quantitative estimate of drug-likeness (QED) is 0.232. The zero-order valence-corrected chi connectivity index (χ0v) is 18.5. The van der Waals surface area contributed by atoms with Gasteiger partial charge in [0.05, 0.1) is 5.52 Å². The lowest BCUT2D eigenvalue weighted by Crippen LogP contribution is -2.11.